The molecule has 1 N–H and O–H groups in total. The molecule has 0 amide bonds. The highest BCUT2D eigenvalue weighted by Gasteiger charge is 2.27. The summed E-state index contributed by atoms with van der Waals surface area (Å²) in [5.41, 5.74) is 0.668. The normalized spacial score (nSPS) is 18.5. The molecule has 4 rings (SSSR count). The number of benzene rings is 1. The third kappa shape index (κ3) is 6.05. The van der Waals surface area contributed by atoms with Crippen LogP contribution < -0.4 is 10.9 Å². The third-order valence-electron chi connectivity index (χ3n) is 6.10. The number of aromatic nitrogens is 2. The Balaban J connectivity index is 0.000000416. The van der Waals surface area contributed by atoms with Gasteiger partial charge in [0.1, 0.15) is 16.7 Å². The van der Waals surface area contributed by atoms with Gasteiger partial charge in [-0.3, -0.25) is 9.69 Å². The lowest BCUT2D eigenvalue weighted by molar-refractivity contribution is 0.0968. The third-order valence-corrected chi connectivity index (χ3v) is 6.46. The summed E-state index contributed by atoms with van der Waals surface area (Å²) in [6.07, 6.45) is 6.89. The molecule has 3 heterocycles. The van der Waals surface area contributed by atoms with E-state index in [1.54, 1.807) is 13.2 Å². The van der Waals surface area contributed by atoms with Gasteiger partial charge in [0.2, 0.25) is 0 Å². The van der Waals surface area contributed by atoms with Crippen molar-refractivity contribution in [3.63, 3.8) is 0 Å². The average Bonchev–Trinajstić information content (AvgIpc) is 2.82. The lowest BCUT2D eigenvalue weighted by Gasteiger charge is -2.36. The Labute approximate surface area is 192 Å². The molecule has 0 aliphatic carbocycles. The Morgan fingerprint density at radius 2 is 1.88 bits per heavy atom. The van der Waals surface area contributed by atoms with Crippen LogP contribution in [0, 0.1) is 11.6 Å². The maximum atomic E-state index is 14.0. The number of piperidine rings is 1. The van der Waals surface area contributed by atoms with Gasteiger partial charge in [-0.15, -0.1) is 0 Å². The molecular formula is C23H31ClF2N4O2. The second-order valence-electron chi connectivity index (χ2n) is 8.15. The van der Waals surface area contributed by atoms with Gasteiger partial charge in [-0.2, -0.15) is 5.10 Å². The fraction of sp³-hybridized carbons (Fsp3) is 0.565. The lowest BCUT2D eigenvalue weighted by atomic mass is 10.00. The molecule has 2 fully saturated rings. The monoisotopic (exact) mass is 468 g/mol. The molecule has 2 saturated heterocycles. The molecule has 9 heteroatoms. The number of nitrogens with zero attached hydrogens (tertiary/aromatic N) is 3. The maximum absolute atomic E-state index is 14.0. The molecule has 1 atom stereocenters. The molecule has 0 bridgehead atoms. The van der Waals surface area contributed by atoms with Crippen LogP contribution in [0.4, 0.5) is 14.5 Å². The number of halogens is 3. The van der Waals surface area contributed by atoms with Crippen LogP contribution in [0.15, 0.2) is 29.2 Å². The zero-order valence-electron chi connectivity index (χ0n) is 18.6. The van der Waals surface area contributed by atoms with Crippen LogP contribution in [-0.4, -0.2) is 48.0 Å². The summed E-state index contributed by atoms with van der Waals surface area (Å²) in [5, 5.41) is 7.19. The molecule has 1 aromatic carbocycles. The fourth-order valence-corrected chi connectivity index (χ4v) is 4.35. The van der Waals surface area contributed by atoms with E-state index in [1.807, 2.05) is 6.92 Å². The van der Waals surface area contributed by atoms with Crippen molar-refractivity contribution in [1.29, 1.82) is 0 Å². The standard InChI is InChI=1S/C18H21ClF2N4O.C5H10O/c1-11(14-4-3-12(20)9-15(14)21)24-7-5-13(6-8-24)25-18(26)17(19)16(22-2)10-23-25;1-2-4-6-5-3-1/h3-4,9-11,13,22H,5-8H2,1-2H3;1-5H2. The topological polar surface area (TPSA) is 59.4 Å². The van der Waals surface area contributed by atoms with E-state index in [4.69, 9.17) is 16.3 Å². The van der Waals surface area contributed by atoms with E-state index in [0.717, 1.165) is 19.3 Å². The number of nitrogens with one attached hydrogen (secondary N) is 1. The summed E-state index contributed by atoms with van der Waals surface area (Å²) in [6, 6.07) is 3.46. The summed E-state index contributed by atoms with van der Waals surface area (Å²) in [7, 11) is 1.68. The quantitative estimate of drug-likeness (QED) is 0.698. The Kier molecular flexibility index (Phi) is 9.02. The number of rotatable bonds is 4. The van der Waals surface area contributed by atoms with Crippen molar-refractivity contribution in [3.05, 3.63) is 57.0 Å². The molecule has 32 heavy (non-hydrogen) atoms. The van der Waals surface area contributed by atoms with Crippen molar-refractivity contribution >= 4 is 17.3 Å². The predicted molar refractivity (Wildman–Crippen MR) is 122 cm³/mol. The fourth-order valence-electron chi connectivity index (χ4n) is 4.12. The van der Waals surface area contributed by atoms with E-state index in [0.29, 0.717) is 37.2 Å². The predicted octanol–water partition coefficient (Wildman–Crippen LogP) is 4.80. The van der Waals surface area contributed by atoms with Gasteiger partial charge in [0.15, 0.2) is 0 Å². The van der Waals surface area contributed by atoms with Crippen molar-refractivity contribution in [2.75, 3.05) is 38.7 Å². The Hall–Kier alpha value is -2.03. The van der Waals surface area contributed by atoms with Crippen LogP contribution in [0.2, 0.25) is 5.02 Å². The SMILES string of the molecule is C1CCOCC1.CNc1cnn(C2CCN(C(C)c3ccc(F)cc3F)CC2)c(=O)c1Cl. The number of hydrogen-bond acceptors (Lipinski definition) is 5. The highest BCUT2D eigenvalue weighted by molar-refractivity contribution is 6.32. The average molecular weight is 469 g/mol. The van der Waals surface area contributed by atoms with Gasteiger partial charge < -0.3 is 10.1 Å². The van der Waals surface area contributed by atoms with Crippen LogP contribution in [0.5, 0.6) is 0 Å². The first-order valence-electron chi connectivity index (χ1n) is 11.1. The molecule has 0 spiro atoms. The largest absolute Gasteiger partial charge is 0.385 e. The van der Waals surface area contributed by atoms with Gasteiger partial charge in [-0.1, -0.05) is 17.7 Å². The van der Waals surface area contributed by atoms with E-state index < -0.39 is 11.6 Å². The minimum Gasteiger partial charge on any atom is -0.385 e. The smallest absolute Gasteiger partial charge is 0.287 e. The summed E-state index contributed by atoms with van der Waals surface area (Å²) in [4.78, 5) is 14.5. The van der Waals surface area contributed by atoms with Crippen LogP contribution in [0.1, 0.15) is 56.7 Å². The second-order valence-corrected chi connectivity index (χ2v) is 8.53. The zero-order valence-corrected chi connectivity index (χ0v) is 19.4. The summed E-state index contributed by atoms with van der Waals surface area (Å²) < 4.78 is 33.6. The second kappa shape index (κ2) is 11.7. The Morgan fingerprint density at radius 1 is 1.19 bits per heavy atom. The minimum absolute atomic E-state index is 0.0487. The highest BCUT2D eigenvalue weighted by atomic mass is 35.5. The van der Waals surface area contributed by atoms with E-state index in [2.05, 4.69) is 15.3 Å². The number of hydrogen-bond donors (Lipinski definition) is 1. The van der Waals surface area contributed by atoms with Gasteiger partial charge in [-0.25, -0.2) is 13.5 Å². The van der Waals surface area contributed by atoms with E-state index >= 15 is 0 Å². The highest BCUT2D eigenvalue weighted by Crippen LogP contribution is 2.30. The first-order chi connectivity index (χ1) is 15.4. The number of likely N-dealkylation sites (tertiary alicyclic amines) is 1. The van der Waals surface area contributed by atoms with Crippen LogP contribution in [0.25, 0.3) is 0 Å². The molecule has 176 valence electrons. The Bertz CT molecular complexity index is 933. The summed E-state index contributed by atoms with van der Waals surface area (Å²) >= 11 is 6.09. The van der Waals surface area contributed by atoms with Crippen molar-refractivity contribution in [2.45, 2.75) is 51.1 Å². The van der Waals surface area contributed by atoms with Gasteiger partial charge in [0.05, 0.1) is 17.9 Å². The van der Waals surface area contributed by atoms with E-state index in [-0.39, 0.29) is 22.7 Å². The maximum Gasteiger partial charge on any atom is 0.287 e. The van der Waals surface area contributed by atoms with E-state index in [9.17, 15) is 13.6 Å². The lowest BCUT2D eigenvalue weighted by Crippen LogP contribution is -2.39. The van der Waals surface area contributed by atoms with Gasteiger partial charge in [0, 0.05) is 51.0 Å². The Morgan fingerprint density at radius 3 is 2.41 bits per heavy atom. The van der Waals surface area contributed by atoms with Crippen molar-refractivity contribution < 1.29 is 13.5 Å². The molecule has 2 aliphatic heterocycles. The zero-order chi connectivity index (χ0) is 23.1. The van der Waals surface area contributed by atoms with Crippen LogP contribution in [0.3, 0.4) is 0 Å². The number of ether oxygens (including phenoxy) is 1. The number of anilines is 1. The van der Waals surface area contributed by atoms with Gasteiger partial charge in [0.25, 0.3) is 5.56 Å². The van der Waals surface area contributed by atoms with Crippen molar-refractivity contribution in [2.24, 2.45) is 0 Å². The van der Waals surface area contributed by atoms with E-state index in [1.165, 1.54) is 36.1 Å². The van der Waals surface area contributed by atoms with Crippen molar-refractivity contribution in [3.8, 4) is 0 Å². The first kappa shape index (κ1) is 24.6. The first-order valence-corrected chi connectivity index (χ1v) is 11.5. The summed E-state index contributed by atoms with van der Waals surface area (Å²) in [6.45, 7) is 5.27. The molecule has 0 radical (unpaired) electrons. The minimum atomic E-state index is -0.579. The molecule has 1 aromatic heterocycles. The molecule has 0 saturated carbocycles. The molecule has 2 aromatic rings. The molecule has 1 unspecified atom stereocenters. The molecule has 6 nitrogen and oxygen atoms in total. The van der Waals surface area contributed by atoms with Crippen molar-refractivity contribution in [1.82, 2.24) is 14.7 Å². The summed E-state index contributed by atoms with van der Waals surface area (Å²) in [5.74, 6) is -1.11. The van der Waals surface area contributed by atoms with Gasteiger partial charge >= 0.3 is 0 Å². The van der Waals surface area contributed by atoms with Crippen LogP contribution in [-0.2, 0) is 4.74 Å². The molecule has 2 aliphatic rings. The molecular weight excluding hydrogens is 438 g/mol. The van der Waals surface area contributed by atoms with Crippen LogP contribution >= 0.6 is 11.6 Å². The van der Waals surface area contributed by atoms with Gasteiger partial charge in [-0.05, 0) is 45.1 Å².